The van der Waals surface area contributed by atoms with Crippen LogP contribution in [0, 0.1) is 6.92 Å². The molecular formula is C18H26O5Si. The van der Waals surface area contributed by atoms with E-state index in [1.165, 1.54) is 7.11 Å². The van der Waals surface area contributed by atoms with Crippen LogP contribution in [0.15, 0.2) is 16.5 Å². The van der Waals surface area contributed by atoms with Crippen LogP contribution in [0.4, 0.5) is 0 Å². The maximum atomic E-state index is 12.1. The van der Waals surface area contributed by atoms with Crippen LogP contribution in [0.2, 0.25) is 18.1 Å². The summed E-state index contributed by atoms with van der Waals surface area (Å²) in [6, 6.07) is 3.58. The lowest BCUT2D eigenvalue weighted by atomic mass is 10.1. The molecule has 132 valence electrons. The number of methoxy groups -OCH3 is 2. The molecule has 2 rings (SSSR count). The van der Waals surface area contributed by atoms with Gasteiger partial charge in [-0.25, -0.2) is 4.79 Å². The molecule has 0 saturated carbocycles. The van der Waals surface area contributed by atoms with Gasteiger partial charge in [-0.2, -0.15) is 0 Å². The molecule has 5 nitrogen and oxygen atoms in total. The van der Waals surface area contributed by atoms with Crippen LogP contribution in [0.5, 0.6) is 11.5 Å². The predicted octanol–water partition coefficient (Wildman–Crippen LogP) is 4.92. The average molecular weight is 350 g/mol. The smallest absolute Gasteiger partial charge is 0.342 e. The number of hydrogen-bond donors (Lipinski definition) is 0. The third-order valence-electron chi connectivity index (χ3n) is 4.71. The highest BCUT2D eigenvalue weighted by Gasteiger charge is 2.39. The zero-order valence-corrected chi connectivity index (χ0v) is 16.7. The van der Waals surface area contributed by atoms with Gasteiger partial charge in [-0.3, -0.25) is 0 Å². The molecule has 1 heterocycles. The summed E-state index contributed by atoms with van der Waals surface area (Å²) in [5, 5.41) is 0.721. The molecule has 0 unspecified atom stereocenters. The summed E-state index contributed by atoms with van der Waals surface area (Å²) in [7, 11) is 0.899. The van der Waals surface area contributed by atoms with Crippen molar-refractivity contribution in [3.05, 3.63) is 23.5 Å². The normalized spacial score (nSPS) is 12.3. The molecule has 0 radical (unpaired) electrons. The molecule has 1 aromatic carbocycles. The highest BCUT2D eigenvalue weighted by molar-refractivity contribution is 6.74. The van der Waals surface area contributed by atoms with E-state index in [4.69, 9.17) is 18.3 Å². The topological polar surface area (TPSA) is 57.9 Å². The van der Waals surface area contributed by atoms with E-state index < -0.39 is 14.3 Å². The van der Waals surface area contributed by atoms with Crippen LogP contribution in [-0.4, -0.2) is 28.5 Å². The van der Waals surface area contributed by atoms with Crippen molar-refractivity contribution >= 4 is 25.3 Å². The van der Waals surface area contributed by atoms with Crippen LogP contribution < -0.4 is 9.16 Å². The van der Waals surface area contributed by atoms with Crippen LogP contribution in [0.25, 0.3) is 11.0 Å². The molecule has 0 aliphatic heterocycles. The number of carbonyl (C=O) groups excluding carboxylic acids is 1. The van der Waals surface area contributed by atoms with Crippen molar-refractivity contribution in [2.75, 3.05) is 14.2 Å². The minimum atomic E-state index is -2.05. The fourth-order valence-electron chi connectivity index (χ4n) is 2.25. The maximum absolute atomic E-state index is 12.1. The zero-order chi connectivity index (χ0) is 18.3. The average Bonchev–Trinajstić information content (AvgIpc) is 2.79. The number of esters is 1. The van der Waals surface area contributed by atoms with E-state index in [0.717, 1.165) is 0 Å². The second-order valence-electron chi connectivity index (χ2n) is 7.39. The van der Waals surface area contributed by atoms with E-state index in [0.29, 0.717) is 33.8 Å². The largest absolute Gasteiger partial charge is 0.541 e. The molecule has 0 N–H and O–H groups in total. The molecule has 0 amide bonds. The molecule has 0 atom stereocenters. The Kier molecular flexibility index (Phi) is 4.72. The van der Waals surface area contributed by atoms with Crippen molar-refractivity contribution in [2.24, 2.45) is 0 Å². The van der Waals surface area contributed by atoms with Crippen molar-refractivity contribution in [1.29, 1.82) is 0 Å². The highest BCUT2D eigenvalue weighted by Crippen LogP contribution is 2.42. The first-order valence-electron chi connectivity index (χ1n) is 7.90. The molecule has 0 bridgehead atoms. The third kappa shape index (κ3) is 3.15. The number of hydrogen-bond acceptors (Lipinski definition) is 5. The lowest BCUT2D eigenvalue weighted by Gasteiger charge is -2.36. The Bertz CT molecular complexity index is 768. The number of rotatable bonds is 4. The van der Waals surface area contributed by atoms with Gasteiger partial charge in [-0.15, -0.1) is 0 Å². The van der Waals surface area contributed by atoms with E-state index in [9.17, 15) is 4.79 Å². The summed E-state index contributed by atoms with van der Waals surface area (Å²) in [6.45, 7) is 12.6. The zero-order valence-electron chi connectivity index (χ0n) is 15.7. The first kappa shape index (κ1) is 18.4. The second kappa shape index (κ2) is 6.16. The van der Waals surface area contributed by atoms with Crippen molar-refractivity contribution in [3.63, 3.8) is 0 Å². The summed E-state index contributed by atoms with van der Waals surface area (Å²) in [5.74, 6) is 1.32. The third-order valence-corrected chi connectivity index (χ3v) is 9.05. The number of benzene rings is 1. The number of furan rings is 1. The van der Waals surface area contributed by atoms with Crippen molar-refractivity contribution < 1.29 is 23.1 Å². The Morgan fingerprint density at radius 1 is 1.12 bits per heavy atom. The van der Waals surface area contributed by atoms with Gasteiger partial charge in [-0.05, 0) is 31.1 Å². The summed E-state index contributed by atoms with van der Waals surface area (Å²) >= 11 is 0. The standard InChI is InChI=1S/C18H26O5Si/c1-11-16(17(19)21-6)12-9-15(14(20-5)10-13(12)22-11)23-24(7,8)18(2,3)4/h9-10H,1-8H3. The van der Waals surface area contributed by atoms with Crippen LogP contribution in [0.1, 0.15) is 36.9 Å². The Morgan fingerprint density at radius 3 is 2.25 bits per heavy atom. The van der Waals surface area contributed by atoms with E-state index in [2.05, 4.69) is 33.9 Å². The van der Waals surface area contributed by atoms with Crippen molar-refractivity contribution in [3.8, 4) is 11.5 Å². The molecule has 2 aromatic rings. The van der Waals surface area contributed by atoms with Crippen LogP contribution >= 0.6 is 0 Å². The maximum Gasteiger partial charge on any atom is 0.342 e. The first-order valence-corrected chi connectivity index (χ1v) is 10.8. The molecule has 0 aliphatic carbocycles. The quantitative estimate of drug-likeness (QED) is 0.578. The van der Waals surface area contributed by atoms with Gasteiger partial charge in [-0.1, -0.05) is 20.8 Å². The molecule has 0 aliphatic rings. The van der Waals surface area contributed by atoms with E-state index in [1.807, 2.05) is 6.07 Å². The van der Waals surface area contributed by atoms with Gasteiger partial charge in [0.05, 0.1) is 14.2 Å². The molecule has 0 saturated heterocycles. The van der Waals surface area contributed by atoms with Gasteiger partial charge in [0.1, 0.15) is 22.7 Å². The van der Waals surface area contributed by atoms with Gasteiger partial charge in [0.25, 0.3) is 8.32 Å². The van der Waals surface area contributed by atoms with Crippen LogP contribution in [-0.2, 0) is 4.74 Å². The SMILES string of the molecule is COC(=O)c1c(C)oc2cc(OC)c(O[Si](C)(C)C(C)(C)C)cc12. The van der Waals surface area contributed by atoms with Gasteiger partial charge >= 0.3 is 5.97 Å². The van der Waals surface area contributed by atoms with E-state index in [1.54, 1.807) is 20.1 Å². The summed E-state index contributed by atoms with van der Waals surface area (Å²) in [4.78, 5) is 12.1. The number of aryl methyl sites for hydroxylation is 1. The molecule has 1 aromatic heterocycles. The second-order valence-corrected chi connectivity index (χ2v) is 12.1. The minimum absolute atomic E-state index is 0.0461. The van der Waals surface area contributed by atoms with Gasteiger partial charge in [0.2, 0.25) is 0 Å². The number of ether oxygens (including phenoxy) is 2. The lowest BCUT2D eigenvalue weighted by molar-refractivity contribution is 0.0600. The van der Waals surface area contributed by atoms with Gasteiger partial charge < -0.3 is 18.3 Å². The summed E-state index contributed by atoms with van der Waals surface area (Å²) in [5.41, 5.74) is 1.00. The van der Waals surface area contributed by atoms with E-state index in [-0.39, 0.29) is 5.04 Å². The van der Waals surface area contributed by atoms with Crippen molar-refractivity contribution in [1.82, 2.24) is 0 Å². The summed E-state index contributed by atoms with van der Waals surface area (Å²) < 4.78 is 22.4. The lowest BCUT2D eigenvalue weighted by Crippen LogP contribution is -2.43. The minimum Gasteiger partial charge on any atom is -0.541 e. The Balaban J connectivity index is 2.63. The van der Waals surface area contributed by atoms with E-state index >= 15 is 0 Å². The Morgan fingerprint density at radius 2 is 1.75 bits per heavy atom. The molecule has 0 fully saturated rings. The first-order chi connectivity index (χ1) is 11.0. The molecule has 24 heavy (non-hydrogen) atoms. The summed E-state index contributed by atoms with van der Waals surface area (Å²) in [6.07, 6.45) is 0. The van der Waals surface area contributed by atoms with Gasteiger partial charge in [0, 0.05) is 11.5 Å². The Hall–Kier alpha value is -1.95. The number of carbonyl (C=O) groups is 1. The number of fused-ring (bicyclic) bond motifs is 1. The van der Waals surface area contributed by atoms with Crippen molar-refractivity contribution in [2.45, 2.75) is 45.8 Å². The predicted molar refractivity (Wildman–Crippen MR) is 96.7 cm³/mol. The monoisotopic (exact) mass is 350 g/mol. The fourth-order valence-corrected chi connectivity index (χ4v) is 3.27. The molecule has 0 spiro atoms. The van der Waals surface area contributed by atoms with Gasteiger partial charge in [0.15, 0.2) is 5.75 Å². The molecular weight excluding hydrogens is 324 g/mol. The fraction of sp³-hybridized carbons (Fsp3) is 0.500. The Labute approximate surface area is 144 Å². The molecule has 6 heteroatoms. The highest BCUT2D eigenvalue weighted by atomic mass is 28.4. The van der Waals surface area contributed by atoms with Crippen LogP contribution in [0.3, 0.4) is 0 Å².